The average molecular weight is 343 g/mol. The van der Waals surface area contributed by atoms with Crippen LogP contribution in [0.25, 0.3) is 22.6 Å². The van der Waals surface area contributed by atoms with Crippen molar-refractivity contribution in [3.63, 3.8) is 0 Å². The van der Waals surface area contributed by atoms with Gasteiger partial charge in [0.25, 0.3) is 0 Å². The molecule has 0 saturated heterocycles. The van der Waals surface area contributed by atoms with Gasteiger partial charge in [0.15, 0.2) is 22.6 Å². The van der Waals surface area contributed by atoms with E-state index in [-0.39, 0.29) is 5.82 Å². The molecule has 4 aromatic rings. The Kier molecular flexibility index (Phi) is 3.81. The monoisotopic (exact) mass is 343 g/mol. The largest absolute Gasteiger partial charge is 0.461 e. The summed E-state index contributed by atoms with van der Waals surface area (Å²) in [6, 6.07) is 8.55. The molecule has 0 aliphatic heterocycles. The van der Waals surface area contributed by atoms with E-state index in [2.05, 4.69) is 20.2 Å². The van der Waals surface area contributed by atoms with Gasteiger partial charge in [0, 0.05) is 6.54 Å². The molecule has 1 N–H and O–H groups in total. The summed E-state index contributed by atoms with van der Waals surface area (Å²) in [7, 11) is 0. The van der Waals surface area contributed by atoms with E-state index >= 15 is 0 Å². The van der Waals surface area contributed by atoms with Crippen LogP contribution in [0.3, 0.4) is 0 Å². The summed E-state index contributed by atoms with van der Waals surface area (Å²) in [6.07, 6.45) is 1.61. The van der Waals surface area contributed by atoms with Crippen LogP contribution in [0.15, 0.2) is 46.2 Å². The number of aromatic amines is 1. The van der Waals surface area contributed by atoms with Gasteiger partial charge in [0.2, 0.25) is 0 Å². The van der Waals surface area contributed by atoms with Crippen molar-refractivity contribution < 1.29 is 8.81 Å². The number of aromatic nitrogens is 5. The fourth-order valence-corrected chi connectivity index (χ4v) is 3.39. The Morgan fingerprint density at radius 3 is 2.92 bits per heavy atom. The van der Waals surface area contributed by atoms with E-state index in [9.17, 15) is 4.39 Å². The van der Waals surface area contributed by atoms with Crippen LogP contribution in [0.2, 0.25) is 0 Å². The van der Waals surface area contributed by atoms with Gasteiger partial charge in [-0.1, -0.05) is 17.8 Å². The van der Waals surface area contributed by atoms with Gasteiger partial charge in [0.05, 0.1) is 17.5 Å². The zero-order valence-electron chi connectivity index (χ0n) is 12.9. The molecule has 3 aromatic heterocycles. The molecule has 0 amide bonds. The summed E-state index contributed by atoms with van der Waals surface area (Å²) in [6.45, 7) is 2.75. The van der Waals surface area contributed by atoms with Crippen molar-refractivity contribution >= 4 is 22.8 Å². The standard InChI is InChI=1S/C16H14FN5OS/c1-2-22-15(12-7-4-8-23-12)20-21-16(22)24-9-13-18-11-6-3-5-10(17)14(11)19-13/h3-8H,2,9H2,1H3,(H,18,19). The van der Waals surface area contributed by atoms with Crippen LogP contribution < -0.4 is 0 Å². The number of hydrogen-bond acceptors (Lipinski definition) is 5. The highest BCUT2D eigenvalue weighted by Crippen LogP contribution is 2.26. The highest BCUT2D eigenvalue weighted by atomic mass is 32.2. The highest BCUT2D eigenvalue weighted by Gasteiger charge is 2.16. The van der Waals surface area contributed by atoms with Gasteiger partial charge in [-0.3, -0.25) is 4.57 Å². The Morgan fingerprint density at radius 2 is 2.17 bits per heavy atom. The van der Waals surface area contributed by atoms with Gasteiger partial charge < -0.3 is 9.40 Å². The van der Waals surface area contributed by atoms with E-state index in [0.717, 1.165) is 11.7 Å². The van der Waals surface area contributed by atoms with Gasteiger partial charge in [0.1, 0.15) is 11.3 Å². The Bertz CT molecular complexity index is 976. The fraction of sp³-hybridized carbons (Fsp3) is 0.188. The highest BCUT2D eigenvalue weighted by molar-refractivity contribution is 7.98. The Morgan fingerprint density at radius 1 is 1.25 bits per heavy atom. The van der Waals surface area contributed by atoms with E-state index in [4.69, 9.17) is 4.42 Å². The number of H-pyrrole nitrogens is 1. The molecule has 1 aromatic carbocycles. The lowest BCUT2D eigenvalue weighted by molar-refractivity contribution is 0.567. The summed E-state index contributed by atoms with van der Waals surface area (Å²) in [5.74, 6) is 2.30. The summed E-state index contributed by atoms with van der Waals surface area (Å²) >= 11 is 1.50. The van der Waals surface area contributed by atoms with Crippen LogP contribution in [-0.2, 0) is 12.3 Å². The van der Waals surface area contributed by atoms with Crippen molar-refractivity contribution in [1.82, 2.24) is 24.7 Å². The van der Waals surface area contributed by atoms with Gasteiger partial charge in [-0.2, -0.15) is 0 Å². The number of halogens is 1. The number of imidazole rings is 1. The lowest BCUT2D eigenvalue weighted by Crippen LogP contribution is -1.99. The third-order valence-electron chi connectivity index (χ3n) is 3.63. The first kappa shape index (κ1) is 14.9. The van der Waals surface area contributed by atoms with E-state index in [1.165, 1.54) is 17.8 Å². The minimum atomic E-state index is -0.322. The molecule has 0 bridgehead atoms. The molecular weight excluding hydrogens is 329 g/mol. The predicted octanol–water partition coefficient (Wildman–Crippen LogP) is 3.87. The van der Waals surface area contributed by atoms with Gasteiger partial charge in [-0.15, -0.1) is 10.2 Å². The predicted molar refractivity (Wildman–Crippen MR) is 89.0 cm³/mol. The lowest BCUT2D eigenvalue weighted by Gasteiger charge is -2.04. The van der Waals surface area contributed by atoms with Crippen molar-refractivity contribution in [1.29, 1.82) is 0 Å². The molecule has 0 radical (unpaired) electrons. The number of thioether (sulfide) groups is 1. The first-order chi connectivity index (χ1) is 11.8. The van der Waals surface area contributed by atoms with Crippen LogP contribution in [0, 0.1) is 5.82 Å². The van der Waals surface area contributed by atoms with Crippen LogP contribution in [0.5, 0.6) is 0 Å². The maximum absolute atomic E-state index is 13.7. The second-order valence-electron chi connectivity index (χ2n) is 5.14. The number of fused-ring (bicyclic) bond motifs is 1. The van der Waals surface area contributed by atoms with Gasteiger partial charge in [-0.25, -0.2) is 9.37 Å². The van der Waals surface area contributed by atoms with Crippen molar-refractivity contribution in [2.45, 2.75) is 24.4 Å². The zero-order chi connectivity index (χ0) is 16.5. The van der Waals surface area contributed by atoms with E-state index in [1.807, 2.05) is 29.7 Å². The molecule has 0 fully saturated rings. The van der Waals surface area contributed by atoms with Crippen molar-refractivity contribution in [3.8, 4) is 11.6 Å². The molecule has 122 valence electrons. The molecule has 8 heteroatoms. The molecule has 0 saturated carbocycles. The second kappa shape index (κ2) is 6.12. The zero-order valence-corrected chi connectivity index (χ0v) is 13.7. The van der Waals surface area contributed by atoms with Crippen molar-refractivity contribution in [2.75, 3.05) is 0 Å². The van der Waals surface area contributed by atoms with Crippen LogP contribution in [-0.4, -0.2) is 24.7 Å². The molecular formula is C16H14FN5OS. The van der Waals surface area contributed by atoms with Crippen molar-refractivity contribution in [3.05, 3.63) is 48.2 Å². The molecule has 0 atom stereocenters. The Labute approximate surface area is 141 Å². The SMILES string of the molecule is CCn1c(SCc2nc3c(F)cccc3[nH]2)nnc1-c1ccco1. The maximum Gasteiger partial charge on any atom is 0.200 e. The first-order valence-electron chi connectivity index (χ1n) is 7.49. The number of hydrogen-bond donors (Lipinski definition) is 1. The first-order valence-corrected chi connectivity index (χ1v) is 8.48. The fourth-order valence-electron chi connectivity index (χ4n) is 2.52. The normalized spacial score (nSPS) is 11.4. The van der Waals surface area contributed by atoms with Gasteiger partial charge >= 0.3 is 0 Å². The van der Waals surface area contributed by atoms with Crippen LogP contribution in [0.1, 0.15) is 12.7 Å². The molecule has 0 unspecified atom stereocenters. The quantitative estimate of drug-likeness (QED) is 0.557. The van der Waals surface area contributed by atoms with E-state index in [0.29, 0.717) is 34.2 Å². The molecule has 24 heavy (non-hydrogen) atoms. The molecule has 6 nitrogen and oxygen atoms in total. The molecule has 3 heterocycles. The average Bonchev–Trinajstić information content (AvgIpc) is 3.31. The summed E-state index contributed by atoms with van der Waals surface area (Å²) in [5.41, 5.74) is 1.06. The smallest absolute Gasteiger partial charge is 0.200 e. The maximum atomic E-state index is 13.7. The minimum absolute atomic E-state index is 0.322. The Balaban J connectivity index is 1.58. The third-order valence-corrected chi connectivity index (χ3v) is 4.60. The summed E-state index contributed by atoms with van der Waals surface area (Å²) in [4.78, 5) is 7.44. The topological polar surface area (TPSA) is 72.5 Å². The summed E-state index contributed by atoms with van der Waals surface area (Å²) < 4.78 is 21.1. The van der Waals surface area contributed by atoms with Crippen LogP contribution >= 0.6 is 11.8 Å². The van der Waals surface area contributed by atoms with Crippen molar-refractivity contribution in [2.24, 2.45) is 0 Å². The number of nitrogens with one attached hydrogen (secondary N) is 1. The van der Waals surface area contributed by atoms with E-state index in [1.54, 1.807) is 12.3 Å². The minimum Gasteiger partial charge on any atom is -0.461 e. The molecule has 0 aliphatic rings. The third kappa shape index (κ3) is 2.58. The number of rotatable bonds is 5. The number of furan rings is 1. The second-order valence-corrected chi connectivity index (χ2v) is 6.08. The Hall–Kier alpha value is -2.61. The van der Waals surface area contributed by atoms with Crippen LogP contribution in [0.4, 0.5) is 4.39 Å². The van der Waals surface area contributed by atoms with E-state index < -0.39 is 0 Å². The molecule has 0 aliphatic carbocycles. The summed E-state index contributed by atoms with van der Waals surface area (Å²) in [5, 5.41) is 9.20. The number of nitrogens with zero attached hydrogens (tertiary/aromatic N) is 4. The lowest BCUT2D eigenvalue weighted by atomic mass is 10.3. The van der Waals surface area contributed by atoms with Gasteiger partial charge in [-0.05, 0) is 31.2 Å². The molecule has 0 spiro atoms. The number of benzene rings is 1. The number of para-hydroxylation sites is 1. The molecule has 4 rings (SSSR count).